The summed E-state index contributed by atoms with van der Waals surface area (Å²) in [5.41, 5.74) is 2.99. The van der Waals surface area contributed by atoms with Gasteiger partial charge in [-0.3, -0.25) is 4.79 Å². The van der Waals surface area contributed by atoms with Gasteiger partial charge < -0.3 is 9.88 Å². The van der Waals surface area contributed by atoms with E-state index < -0.39 is 0 Å². The van der Waals surface area contributed by atoms with Crippen molar-refractivity contribution < 1.29 is 9.18 Å². The number of benzene rings is 2. The molecule has 0 fully saturated rings. The highest BCUT2D eigenvalue weighted by atomic mass is 19.1. The summed E-state index contributed by atoms with van der Waals surface area (Å²) in [6.07, 6.45) is 3.57. The van der Waals surface area contributed by atoms with Gasteiger partial charge in [0.1, 0.15) is 5.82 Å². The summed E-state index contributed by atoms with van der Waals surface area (Å²) in [4.78, 5) is 17.5. The molecule has 0 bridgehead atoms. The minimum atomic E-state index is -0.331. The molecule has 3 rings (SSSR count). The number of H-pyrrole nitrogens is 1. The zero-order chi connectivity index (χ0) is 18.5. The van der Waals surface area contributed by atoms with Crippen molar-refractivity contribution in [2.45, 2.75) is 13.0 Å². The van der Waals surface area contributed by atoms with Crippen LogP contribution in [0, 0.1) is 17.1 Å². The first kappa shape index (κ1) is 17.4. The lowest BCUT2D eigenvalue weighted by Gasteiger charge is -2.21. The van der Waals surface area contributed by atoms with Crippen LogP contribution in [0.1, 0.15) is 16.7 Å². The molecule has 0 radical (unpaired) electrons. The summed E-state index contributed by atoms with van der Waals surface area (Å²) < 4.78 is 13.5. The fourth-order valence-corrected chi connectivity index (χ4v) is 2.94. The molecule has 0 saturated carbocycles. The molecule has 3 aromatic rings. The molecular weight excluding hydrogens is 329 g/mol. The third-order valence-corrected chi connectivity index (χ3v) is 4.20. The molecule has 1 amide bonds. The molecule has 0 unspecified atom stereocenters. The molecular formula is C21H18FN3O. The molecule has 4 nitrogen and oxygen atoms in total. The van der Waals surface area contributed by atoms with E-state index in [1.807, 2.05) is 6.07 Å². The number of aromatic amines is 1. The molecule has 1 N–H and O–H groups in total. The van der Waals surface area contributed by atoms with Gasteiger partial charge in [0.2, 0.25) is 5.91 Å². The topological polar surface area (TPSA) is 59.9 Å². The van der Waals surface area contributed by atoms with Crippen LogP contribution in [-0.2, 0) is 17.8 Å². The first-order valence-corrected chi connectivity index (χ1v) is 8.24. The number of carbonyl (C=O) groups excluding carboxylic acids is 1. The Bertz CT molecular complexity index is 1000. The minimum absolute atomic E-state index is 0.0857. The Balaban J connectivity index is 1.80. The van der Waals surface area contributed by atoms with Gasteiger partial charge >= 0.3 is 0 Å². The Hall–Kier alpha value is -3.39. The number of hydrogen-bond acceptors (Lipinski definition) is 2. The van der Waals surface area contributed by atoms with E-state index in [0.717, 1.165) is 16.6 Å². The van der Waals surface area contributed by atoms with E-state index in [9.17, 15) is 9.18 Å². The van der Waals surface area contributed by atoms with Crippen molar-refractivity contribution >= 4 is 16.8 Å². The Labute approximate surface area is 151 Å². The van der Waals surface area contributed by atoms with Crippen LogP contribution < -0.4 is 0 Å². The molecule has 0 saturated heterocycles. The van der Waals surface area contributed by atoms with Crippen molar-refractivity contribution in [2.75, 3.05) is 6.54 Å². The molecule has 0 aliphatic heterocycles. The first-order chi connectivity index (χ1) is 12.6. The summed E-state index contributed by atoms with van der Waals surface area (Å²) in [6, 6.07) is 13.8. The van der Waals surface area contributed by atoms with Gasteiger partial charge in [0.25, 0.3) is 0 Å². The van der Waals surface area contributed by atoms with Crippen LogP contribution in [0.3, 0.4) is 0 Å². The van der Waals surface area contributed by atoms with Gasteiger partial charge in [-0.05, 0) is 41.5 Å². The highest BCUT2D eigenvalue weighted by Gasteiger charge is 2.16. The molecule has 0 aliphatic rings. The van der Waals surface area contributed by atoms with E-state index in [0.29, 0.717) is 24.0 Å². The minimum Gasteiger partial charge on any atom is -0.361 e. The molecule has 1 heterocycles. The fourth-order valence-electron chi connectivity index (χ4n) is 2.94. The Morgan fingerprint density at radius 1 is 1.31 bits per heavy atom. The second-order valence-corrected chi connectivity index (χ2v) is 6.06. The van der Waals surface area contributed by atoms with Crippen molar-refractivity contribution in [3.8, 4) is 6.07 Å². The number of amides is 1. The number of rotatable bonds is 6. The number of nitriles is 1. The van der Waals surface area contributed by atoms with Crippen molar-refractivity contribution in [1.82, 2.24) is 9.88 Å². The van der Waals surface area contributed by atoms with Crippen LogP contribution in [0.15, 0.2) is 61.3 Å². The van der Waals surface area contributed by atoms with Gasteiger partial charge in [0.05, 0.1) is 18.1 Å². The highest BCUT2D eigenvalue weighted by Crippen LogP contribution is 2.21. The summed E-state index contributed by atoms with van der Waals surface area (Å²) in [6.45, 7) is 4.50. The Morgan fingerprint density at radius 2 is 2.15 bits per heavy atom. The molecule has 26 heavy (non-hydrogen) atoms. The zero-order valence-electron chi connectivity index (χ0n) is 14.2. The summed E-state index contributed by atoms with van der Waals surface area (Å²) >= 11 is 0. The maximum atomic E-state index is 13.5. The number of aromatic nitrogens is 1. The largest absolute Gasteiger partial charge is 0.361 e. The number of halogens is 1. The SMILES string of the molecule is C=CCN(Cc1cccc(C#N)c1)C(=O)Cc1c[nH]c2ccc(F)cc12. The zero-order valence-corrected chi connectivity index (χ0v) is 14.2. The van der Waals surface area contributed by atoms with E-state index in [2.05, 4.69) is 17.6 Å². The lowest BCUT2D eigenvalue weighted by atomic mass is 10.1. The van der Waals surface area contributed by atoms with Crippen LogP contribution in [0.2, 0.25) is 0 Å². The van der Waals surface area contributed by atoms with E-state index in [-0.39, 0.29) is 18.1 Å². The van der Waals surface area contributed by atoms with Crippen LogP contribution in [0.25, 0.3) is 10.9 Å². The Morgan fingerprint density at radius 3 is 2.92 bits per heavy atom. The Kier molecular flexibility index (Phi) is 5.14. The third-order valence-electron chi connectivity index (χ3n) is 4.20. The number of carbonyl (C=O) groups is 1. The van der Waals surface area contributed by atoms with Gasteiger partial charge in [0.15, 0.2) is 0 Å². The first-order valence-electron chi connectivity index (χ1n) is 8.24. The van der Waals surface area contributed by atoms with Crippen LogP contribution in [-0.4, -0.2) is 22.3 Å². The molecule has 0 aliphatic carbocycles. The smallest absolute Gasteiger partial charge is 0.227 e. The van der Waals surface area contributed by atoms with Crippen LogP contribution in [0.4, 0.5) is 4.39 Å². The van der Waals surface area contributed by atoms with Crippen molar-refractivity contribution in [1.29, 1.82) is 5.26 Å². The highest BCUT2D eigenvalue weighted by molar-refractivity contribution is 5.89. The number of hydrogen-bond donors (Lipinski definition) is 1. The molecule has 130 valence electrons. The molecule has 1 aromatic heterocycles. The van der Waals surface area contributed by atoms with Gasteiger partial charge in [-0.25, -0.2) is 4.39 Å². The quantitative estimate of drug-likeness (QED) is 0.687. The number of nitrogens with zero attached hydrogens (tertiary/aromatic N) is 2. The van der Waals surface area contributed by atoms with Crippen LogP contribution >= 0.6 is 0 Å². The van der Waals surface area contributed by atoms with Crippen LogP contribution in [0.5, 0.6) is 0 Å². The fraction of sp³-hybridized carbons (Fsp3) is 0.143. The average molecular weight is 347 g/mol. The van der Waals surface area contributed by atoms with Gasteiger partial charge in [-0.15, -0.1) is 6.58 Å². The third kappa shape index (κ3) is 3.81. The molecule has 0 atom stereocenters. The average Bonchev–Trinajstić information content (AvgIpc) is 3.03. The summed E-state index contributed by atoms with van der Waals surface area (Å²) in [7, 11) is 0. The van der Waals surface area contributed by atoms with E-state index in [4.69, 9.17) is 5.26 Å². The standard InChI is InChI=1S/C21H18FN3O/c1-2-8-25(14-16-5-3-4-15(9-16)12-23)21(26)10-17-13-24-20-7-6-18(22)11-19(17)20/h2-7,9,11,13,24H,1,8,10,14H2. The summed E-state index contributed by atoms with van der Waals surface area (Å²) in [5, 5.41) is 9.73. The number of fused-ring (bicyclic) bond motifs is 1. The predicted molar refractivity (Wildman–Crippen MR) is 98.7 cm³/mol. The van der Waals surface area contributed by atoms with Gasteiger partial charge in [0, 0.05) is 30.2 Å². The molecule has 5 heteroatoms. The van der Waals surface area contributed by atoms with E-state index in [1.54, 1.807) is 41.4 Å². The lowest BCUT2D eigenvalue weighted by Crippen LogP contribution is -2.32. The predicted octanol–water partition coefficient (Wildman–Crippen LogP) is 3.94. The van der Waals surface area contributed by atoms with E-state index >= 15 is 0 Å². The van der Waals surface area contributed by atoms with Gasteiger partial charge in [-0.1, -0.05) is 18.2 Å². The summed E-state index contributed by atoms with van der Waals surface area (Å²) in [5.74, 6) is -0.417. The second-order valence-electron chi connectivity index (χ2n) is 6.06. The van der Waals surface area contributed by atoms with Gasteiger partial charge in [-0.2, -0.15) is 5.26 Å². The monoisotopic (exact) mass is 347 g/mol. The van der Waals surface area contributed by atoms with Crippen molar-refractivity contribution in [3.63, 3.8) is 0 Å². The van der Waals surface area contributed by atoms with Crippen molar-refractivity contribution in [2.24, 2.45) is 0 Å². The maximum Gasteiger partial charge on any atom is 0.227 e. The van der Waals surface area contributed by atoms with Crippen molar-refractivity contribution in [3.05, 3.63) is 83.8 Å². The number of nitrogens with one attached hydrogen (secondary N) is 1. The lowest BCUT2D eigenvalue weighted by molar-refractivity contribution is -0.130. The molecule has 2 aromatic carbocycles. The molecule has 0 spiro atoms. The normalized spacial score (nSPS) is 10.5. The maximum absolute atomic E-state index is 13.5. The van der Waals surface area contributed by atoms with E-state index in [1.165, 1.54) is 12.1 Å². The second kappa shape index (κ2) is 7.66.